The van der Waals surface area contributed by atoms with Gasteiger partial charge in [-0.25, -0.2) is 38.7 Å². The molecule has 0 saturated carbocycles. The molecule has 2 amide bonds. The molecule has 1 unspecified atom stereocenters. The van der Waals surface area contributed by atoms with E-state index in [0.29, 0.717) is 45.2 Å². The number of carbonyl (C=O) groups is 2. The summed E-state index contributed by atoms with van der Waals surface area (Å²) in [4.78, 5) is 59.3. The number of rotatable bonds is 22. The van der Waals surface area contributed by atoms with E-state index in [1.165, 1.54) is 37.4 Å². The van der Waals surface area contributed by atoms with Crippen LogP contribution in [-0.2, 0) is 45.0 Å². The maximum Gasteiger partial charge on any atom is 0.258 e. The van der Waals surface area contributed by atoms with Crippen LogP contribution in [0.1, 0.15) is 118 Å². The molecule has 17 rings (SSSR count). The summed E-state index contributed by atoms with van der Waals surface area (Å²) in [7, 11) is -13.4. The van der Waals surface area contributed by atoms with Crippen LogP contribution in [0.25, 0.3) is 101 Å². The number of thiazole rings is 1. The van der Waals surface area contributed by atoms with E-state index in [1.54, 1.807) is 167 Å². The first kappa shape index (κ1) is 92.7. The summed E-state index contributed by atoms with van der Waals surface area (Å²) in [6, 6.07) is 77.3. The number of nitrogens with one attached hydrogen (secondary N) is 2. The van der Waals surface area contributed by atoms with Crippen molar-refractivity contribution in [2.75, 3.05) is 35.7 Å². The number of aromatic nitrogens is 8. The smallest absolute Gasteiger partial charge is 0.258 e. The molecule has 0 aliphatic carbocycles. The van der Waals surface area contributed by atoms with E-state index in [4.69, 9.17) is 27.7 Å². The largest absolute Gasteiger partial charge is 0.386 e. The van der Waals surface area contributed by atoms with E-state index in [-0.39, 0.29) is 42.2 Å². The summed E-state index contributed by atoms with van der Waals surface area (Å²) in [6.45, 7) is 8.88. The van der Waals surface area contributed by atoms with Gasteiger partial charge in [0.25, 0.3) is 17.7 Å². The maximum absolute atomic E-state index is 13.4. The zero-order valence-corrected chi connectivity index (χ0v) is 78.1. The molecule has 0 aliphatic heterocycles. The summed E-state index contributed by atoms with van der Waals surface area (Å²) in [5, 5.41) is 23.2. The van der Waals surface area contributed by atoms with Crippen LogP contribution < -0.4 is 10.6 Å². The fourth-order valence-corrected chi connectivity index (χ4v) is 18.5. The Bertz CT molecular complexity index is 7890. The predicted octanol–water partition coefficient (Wildman–Crippen LogP) is 22.1. The van der Waals surface area contributed by atoms with Gasteiger partial charge >= 0.3 is 0 Å². The Morgan fingerprint density at radius 3 is 1.27 bits per heavy atom. The summed E-state index contributed by atoms with van der Waals surface area (Å²) < 4.78 is 103. The first-order chi connectivity index (χ1) is 62.9. The fraction of sp³-hybridized carbons (Fsp3) is 0.107. The quantitative estimate of drug-likeness (QED) is 0.0531. The van der Waals surface area contributed by atoms with Crippen LogP contribution >= 0.6 is 34.5 Å². The number of aliphatic hydroxyl groups is 1. The SMILES string of the molecule is CC(c1cc(-c2cccc(/C=C(\c3ccc(C(C)(C)O)cc3)c3ccc(S(C)(=O)=O)cc3)c2)c2ncccc2c1)S(C)(=O)=O.Cc1cnc(/C(=C/c2cccc(-c3cc(C(=O)Nc4c(Cl)cncc4Cl)cc4cccnc34)c2)c2ccc(S(C)(=O)=O)cc2)s1.Cc1noc(/C(=C/c2cccc(-c3cc(C(=O)Nc4cccnc4)cc4cccnc34)c2)c2ccc(S(C)(=O)=O)cc2)n1. The highest BCUT2D eigenvalue weighted by atomic mass is 35.5. The molecule has 7 aromatic heterocycles. The van der Waals surface area contributed by atoms with Gasteiger partial charge in [0.2, 0.25) is 0 Å². The van der Waals surface area contributed by atoms with Crippen LogP contribution in [0.3, 0.4) is 0 Å². The molecule has 10 aromatic carbocycles. The Balaban J connectivity index is 0.000000151. The lowest BCUT2D eigenvalue weighted by Crippen LogP contribution is -2.15. The number of halogens is 2. The Morgan fingerprint density at radius 2 is 0.856 bits per heavy atom. The molecule has 662 valence electrons. The molecule has 132 heavy (non-hydrogen) atoms. The van der Waals surface area contributed by atoms with Crippen molar-refractivity contribution in [3.63, 3.8) is 0 Å². The van der Waals surface area contributed by atoms with Gasteiger partial charge in [-0.15, -0.1) is 11.3 Å². The zero-order valence-electron chi connectivity index (χ0n) is 72.5. The molecule has 0 fully saturated rings. The number of fused-ring (bicyclic) bond motifs is 3. The number of carbonyl (C=O) groups excluding carboxylic acids is 2. The molecule has 0 spiro atoms. The van der Waals surface area contributed by atoms with Gasteiger partial charge in [0.05, 0.1) is 69.7 Å². The third-order valence-corrected chi connectivity index (χ3v) is 28.1. The highest BCUT2D eigenvalue weighted by Crippen LogP contribution is 2.40. The van der Waals surface area contributed by atoms with Crippen LogP contribution in [0.5, 0.6) is 0 Å². The number of pyridine rings is 5. The van der Waals surface area contributed by atoms with Crippen LogP contribution in [0.15, 0.2) is 324 Å². The number of anilines is 2. The number of aryl methyl sites for hydroxylation is 2. The van der Waals surface area contributed by atoms with E-state index < -0.39 is 50.2 Å². The molecule has 17 aromatic rings. The van der Waals surface area contributed by atoms with Gasteiger partial charge in [-0.2, -0.15) is 4.98 Å². The average molecular weight is 1890 g/mol. The predicted molar refractivity (Wildman–Crippen MR) is 526 cm³/mol. The minimum Gasteiger partial charge on any atom is -0.386 e. The molecule has 1 atom stereocenters. The van der Waals surface area contributed by atoms with E-state index in [9.17, 15) is 48.4 Å². The van der Waals surface area contributed by atoms with Gasteiger partial charge in [-0.3, -0.25) is 34.5 Å². The van der Waals surface area contributed by atoms with Gasteiger partial charge in [0.1, 0.15) is 5.01 Å². The number of hydrogen-bond acceptors (Lipinski definition) is 21. The van der Waals surface area contributed by atoms with E-state index >= 15 is 0 Å². The molecule has 29 heteroatoms. The van der Waals surface area contributed by atoms with Crippen molar-refractivity contribution in [2.24, 2.45) is 0 Å². The van der Waals surface area contributed by atoms with Crippen molar-refractivity contribution in [1.29, 1.82) is 0 Å². The number of sulfone groups is 4. The second kappa shape index (κ2) is 39.0. The zero-order chi connectivity index (χ0) is 93.6. The van der Waals surface area contributed by atoms with Crippen molar-refractivity contribution < 1.29 is 52.9 Å². The first-order valence-corrected chi connectivity index (χ1v) is 50.2. The Kier molecular flexibility index (Phi) is 27.4. The van der Waals surface area contributed by atoms with Crippen LogP contribution in [0, 0.1) is 13.8 Å². The number of hydrogen-bond donors (Lipinski definition) is 3. The van der Waals surface area contributed by atoms with Crippen LogP contribution in [-0.4, -0.2) is 116 Å². The molecule has 22 nitrogen and oxygen atoms in total. The summed E-state index contributed by atoms with van der Waals surface area (Å²) in [5.74, 6) is 0.132. The van der Waals surface area contributed by atoms with E-state index in [1.807, 2.05) is 189 Å². The minimum atomic E-state index is -3.35. The second-order valence-corrected chi connectivity index (χ2v) is 42.4. The van der Waals surface area contributed by atoms with Crippen molar-refractivity contribution in [3.05, 3.63) is 397 Å². The Morgan fingerprint density at radius 1 is 0.439 bits per heavy atom. The van der Waals surface area contributed by atoms with Crippen molar-refractivity contribution in [2.45, 2.75) is 60.2 Å². The van der Waals surface area contributed by atoms with Crippen LogP contribution in [0.2, 0.25) is 10.0 Å². The minimum absolute atomic E-state index is 0.214. The van der Waals surface area contributed by atoms with Crippen LogP contribution in [0.4, 0.5) is 11.4 Å². The lowest BCUT2D eigenvalue weighted by molar-refractivity contribution is 0.0785. The van der Waals surface area contributed by atoms with Crippen molar-refractivity contribution in [1.82, 2.24) is 40.0 Å². The second-order valence-electron chi connectivity index (χ2n) is 31.9. The summed E-state index contributed by atoms with van der Waals surface area (Å²) in [6.07, 6.45) is 23.8. The normalized spacial score (nSPS) is 12.5. The monoisotopic (exact) mass is 1880 g/mol. The maximum atomic E-state index is 13.4. The van der Waals surface area contributed by atoms with Crippen molar-refractivity contribution >= 4 is 165 Å². The molecular formula is C103H84Cl2N10O12S5. The molecule has 0 bridgehead atoms. The summed E-state index contributed by atoms with van der Waals surface area (Å²) >= 11 is 14.1. The molecule has 3 N–H and O–H groups in total. The van der Waals surface area contributed by atoms with Gasteiger partial charge in [0.15, 0.2) is 45.2 Å². The standard InChI is InChI=1S/C36H35NO5S2.C34H24Cl2N4O3S2.C33H25N5O4S/c1-24(43(4,39)40)30-22-29-10-7-19-37-35(29)34(23-30)28-9-6-8-25(20-28)21-33(26-11-15-31(16-12-26)36(2,3)38)27-13-17-32(18-14-27)44(5,41)42;1-20-17-39-34(44-20)28(22-8-10-26(11-9-22)45(2,42)43)14-21-5-3-6-23(13-21)27-16-25(15-24-7-4-12-38-31(24)27)33(41)40-32-29(35)18-37-19-30(32)36;1-21-36-33(42-38-21)30(23-10-12-28(13-11-23)43(2,40)41)17-22-6-3-7-24(16-22)29-19-26(18-25-8-4-15-35-31(25)29)32(39)37-27-9-5-14-34-20-27/h6-24,38H,1-5H3;3-19H,1-2H3,(H,37,40,41);3-20H,1-2H3,(H,37,39)/b33-21+;28-14+;30-17+. The van der Waals surface area contributed by atoms with Gasteiger partial charge in [-0.1, -0.05) is 162 Å². The molecule has 7 heterocycles. The highest BCUT2D eigenvalue weighted by molar-refractivity contribution is 7.91. The van der Waals surface area contributed by atoms with Gasteiger partial charge < -0.3 is 20.3 Å². The topological polar surface area (TPSA) is 331 Å². The van der Waals surface area contributed by atoms with E-state index in [0.717, 1.165) is 126 Å². The lowest BCUT2D eigenvalue weighted by atomic mass is 9.91. The molecule has 0 aliphatic rings. The van der Waals surface area contributed by atoms with Crippen molar-refractivity contribution in [3.8, 4) is 33.4 Å². The fourth-order valence-electron chi connectivity index (χ4n) is 14.7. The summed E-state index contributed by atoms with van der Waals surface area (Å²) in [5.41, 5.74) is 17.7. The molecule has 0 saturated heterocycles. The third kappa shape index (κ3) is 22.2. The van der Waals surface area contributed by atoms with E-state index in [2.05, 4.69) is 50.7 Å². The lowest BCUT2D eigenvalue weighted by Gasteiger charge is -2.18. The Labute approximate surface area is 778 Å². The van der Waals surface area contributed by atoms with Gasteiger partial charge in [0, 0.05) is 128 Å². The Hall–Kier alpha value is -14.0. The number of benzene rings is 10. The first-order valence-electron chi connectivity index (χ1n) is 41.0. The number of nitrogens with zero attached hydrogens (tertiary/aromatic N) is 8. The average Bonchev–Trinajstić information content (AvgIpc) is 0.928. The third-order valence-electron chi connectivity index (χ3n) is 21.6. The molecule has 0 radical (unpaired) electrons. The molecular weight excluding hydrogens is 1800 g/mol. The highest BCUT2D eigenvalue weighted by Gasteiger charge is 2.25. The van der Waals surface area contributed by atoms with Gasteiger partial charge in [-0.05, 0) is 247 Å². The number of amides is 2.